The molecule has 0 radical (unpaired) electrons. The summed E-state index contributed by atoms with van der Waals surface area (Å²) in [6.07, 6.45) is 1.15. The number of aromatic hydroxyl groups is 1. The number of aromatic nitrogens is 3. The van der Waals surface area contributed by atoms with Crippen LogP contribution in [0.3, 0.4) is 0 Å². The zero-order valence-corrected chi connectivity index (χ0v) is 14.5. The third-order valence-corrected chi connectivity index (χ3v) is 3.88. The molecule has 0 bridgehead atoms. The molecule has 2 aromatic rings. The molecule has 0 unspecified atom stereocenters. The van der Waals surface area contributed by atoms with Gasteiger partial charge in [-0.25, -0.2) is 9.48 Å². The van der Waals surface area contributed by atoms with E-state index in [1.54, 1.807) is 43.7 Å². The van der Waals surface area contributed by atoms with Gasteiger partial charge < -0.3 is 19.9 Å². The number of hydrogen-bond acceptors (Lipinski definition) is 7. The molecule has 25 heavy (non-hydrogen) atoms. The molecule has 2 N–H and O–H groups in total. The molecule has 0 aliphatic carbocycles. The average Bonchev–Trinajstić information content (AvgIpc) is 3.00. The Bertz CT molecular complexity index is 841. The molecule has 1 aromatic carbocycles. The Kier molecular flexibility index (Phi) is 4.35. The van der Waals surface area contributed by atoms with Crippen LogP contribution in [0.2, 0.25) is 0 Å². The lowest BCUT2D eigenvalue weighted by atomic mass is 9.95. The molecule has 0 saturated heterocycles. The summed E-state index contributed by atoms with van der Waals surface area (Å²) in [7, 11) is 1.48. The Morgan fingerprint density at radius 2 is 2.16 bits per heavy atom. The van der Waals surface area contributed by atoms with Crippen molar-refractivity contribution in [1.29, 1.82) is 0 Å². The van der Waals surface area contributed by atoms with Gasteiger partial charge in [-0.15, -0.1) is 0 Å². The third-order valence-electron chi connectivity index (χ3n) is 3.88. The van der Waals surface area contributed by atoms with Crippen molar-refractivity contribution < 1.29 is 19.4 Å². The molecule has 1 aliphatic rings. The van der Waals surface area contributed by atoms with Gasteiger partial charge in [0.05, 0.1) is 18.8 Å². The fourth-order valence-electron chi connectivity index (χ4n) is 2.82. The van der Waals surface area contributed by atoms with Crippen molar-refractivity contribution in [3.05, 3.63) is 41.4 Å². The molecule has 3 rings (SSSR count). The first-order valence-electron chi connectivity index (χ1n) is 7.87. The van der Waals surface area contributed by atoms with Crippen LogP contribution in [0.15, 0.2) is 35.8 Å². The summed E-state index contributed by atoms with van der Waals surface area (Å²) in [5.74, 6) is 0.401. The number of nitrogens with one attached hydrogen (secondary N) is 1. The smallest absolute Gasteiger partial charge is 0.338 e. The normalized spacial score (nSPS) is 16.4. The highest BCUT2D eigenvalue weighted by Gasteiger charge is 2.35. The second kappa shape index (κ2) is 6.46. The number of carbonyl (C=O) groups is 1. The highest BCUT2D eigenvalue weighted by atomic mass is 16.5. The molecule has 0 saturated carbocycles. The van der Waals surface area contributed by atoms with Gasteiger partial charge in [0.1, 0.15) is 12.4 Å². The topological polar surface area (TPSA) is 98.5 Å². The SMILES string of the molecule is COc1ccc([C@H]2C(C(=O)OC(C)C)=C(C)Nc3ncnn32)cc1O. The van der Waals surface area contributed by atoms with E-state index < -0.39 is 12.0 Å². The summed E-state index contributed by atoms with van der Waals surface area (Å²) in [4.78, 5) is 16.8. The van der Waals surface area contributed by atoms with E-state index in [0.29, 0.717) is 28.5 Å². The zero-order chi connectivity index (χ0) is 18.1. The summed E-state index contributed by atoms with van der Waals surface area (Å²) in [6.45, 7) is 5.36. The van der Waals surface area contributed by atoms with Gasteiger partial charge in [-0.3, -0.25) is 0 Å². The predicted octanol–water partition coefficient (Wildman–Crippen LogP) is 2.23. The van der Waals surface area contributed by atoms with E-state index >= 15 is 0 Å². The minimum absolute atomic E-state index is 0.0190. The van der Waals surface area contributed by atoms with Gasteiger partial charge >= 0.3 is 5.97 Å². The van der Waals surface area contributed by atoms with Crippen LogP contribution in [0.1, 0.15) is 32.4 Å². The van der Waals surface area contributed by atoms with Crippen LogP contribution in [0, 0.1) is 0 Å². The summed E-state index contributed by atoms with van der Waals surface area (Å²) < 4.78 is 12.1. The maximum absolute atomic E-state index is 12.7. The number of methoxy groups -OCH3 is 1. The highest BCUT2D eigenvalue weighted by molar-refractivity contribution is 5.92. The molecule has 0 amide bonds. The second-order valence-electron chi connectivity index (χ2n) is 5.98. The molecular formula is C17H20N4O4. The summed E-state index contributed by atoms with van der Waals surface area (Å²) in [5, 5.41) is 17.4. The Labute approximate surface area is 145 Å². The largest absolute Gasteiger partial charge is 0.504 e. The monoisotopic (exact) mass is 344 g/mol. The van der Waals surface area contributed by atoms with E-state index in [2.05, 4.69) is 15.4 Å². The fourth-order valence-corrected chi connectivity index (χ4v) is 2.82. The number of esters is 1. The Hall–Kier alpha value is -3.03. The minimum Gasteiger partial charge on any atom is -0.504 e. The molecule has 1 aliphatic heterocycles. The van der Waals surface area contributed by atoms with Gasteiger partial charge in [0.15, 0.2) is 11.5 Å². The van der Waals surface area contributed by atoms with Crippen molar-refractivity contribution in [2.45, 2.75) is 32.9 Å². The van der Waals surface area contributed by atoms with E-state index in [9.17, 15) is 9.90 Å². The van der Waals surface area contributed by atoms with Crippen LogP contribution in [0.25, 0.3) is 0 Å². The summed E-state index contributed by atoms with van der Waals surface area (Å²) >= 11 is 0. The van der Waals surface area contributed by atoms with Crippen molar-refractivity contribution >= 4 is 11.9 Å². The molecule has 0 spiro atoms. The van der Waals surface area contributed by atoms with Gasteiger partial charge in [0, 0.05) is 5.70 Å². The van der Waals surface area contributed by atoms with Crippen molar-refractivity contribution in [2.24, 2.45) is 0 Å². The molecule has 1 atom stereocenters. The number of hydrogen-bond donors (Lipinski definition) is 2. The van der Waals surface area contributed by atoms with E-state index in [1.165, 1.54) is 13.4 Å². The Morgan fingerprint density at radius 3 is 2.80 bits per heavy atom. The van der Waals surface area contributed by atoms with Crippen molar-refractivity contribution in [2.75, 3.05) is 12.4 Å². The number of fused-ring (bicyclic) bond motifs is 1. The molecule has 0 fully saturated rings. The molecule has 132 valence electrons. The number of rotatable bonds is 4. The lowest BCUT2D eigenvalue weighted by Gasteiger charge is -2.28. The van der Waals surface area contributed by atoms with Gasteiger partial charge in [0.25, 0.3) is 0 Å². The van der Waals surface area contributed by atoms with E-state index in [-0.39, 0.29) is 11.9 Å². The van der Waals surface area contributed by atoms with E-state index in [1.807, 2.05) is 0 Å². The summed E-state index contributed by atoms with van der Waals surface area (Å²) in [5.41, 5.74) is 1.71. The minimum atomic E-state index is -0.568. The van der Waals surface area contributed by atoms with E-state index in [4.69, 9.17) is 9.47 Å². The fraction of sp³-hybridized carbons (Fsp3) is 0.353. The Morgan fingerprint density at radius 1 is 1.40 bits per heavy atom. The van der Waals surface area contributed by atoms with Crippen LogP contribution >= 0.6 is 0 Å². The van der Waals surface area contributed by atoms with Crippen LogP contribution < -0.4 is 10.1 Å². The van der Waals surface area contributed by atoms with Gasteiger partial charge in [-0.1, -0.05) is 6.07 Å². The quantitative estimate of drug-likeness (QED) is 0.821. The standard InChI is InChI=1S/C17H20N4O4/c1-9(2)25-16(23)14-10(3)20-17-18-8-19-21(17)15(14)11-5-6-13(24-4)12(22)7-11/h5-9,15,22H,1-4H3,(H,18,19,20)/t15-/m0/s1. The van der Waals surface area contributed by atoms with Crippen molar-refractivity contribution in [3.63, 3.8) is 0 Å². The lowest BCUT2D eigenvalue weighted by Crippen LogP contribution is -2.30. The maximum atomic E-state index is 12.7. The molecule has 1 aromatic heterocycles. The number of phenolic OH excluding ortho intramolecular Hbond substituents is 1. The number of anilines is 1. The van der Waals surface area contributed by atoms with Gasteiger partial charge in [-0.2, -0.15) is 10.1 Å². The first-order chi connectivity index (χ1) is 11.9. The van der Waals surface area contributed by atoms with Crippen LogP contribution in [-0.2, 0) is 9.53 Å². The maximum Gasteiger partial charge on any atom is 0.338 e. The van der Waals surface area contributed by atoms with Crippen LogP contribution in [0.5, 0.6) is 11.5 Å². The number of phenols is 1. The average molecular weight is 344 g/mol. The number of ether oxygens (including phenoxy) is 2. The number of allylic oxidation sites excluding steroid dienone is 1. The second-order valence-corrected chi connectivity index (χ2v) is 5.98. The van der Waals surface area contributed by atoms with Crippen molar-refractivity contribution in [1.82, 2.24) is 14.8 Å². The van der Waals surface area contributed by atoms with E-state index in [0.717, 1.165) is 0 Å². The molecule has 2 heterocycles. The third kappa shape index (κ3) is 3.02. The zero-order valence-electron chi connectivity index (χ0n) is 14.5. The molecule has 8 heteroatoms. The number of carbonyl (C=O) groups excluding carboxylic acids is 1. The van der Waals surface area contributed by atoms with Gasteiger partial charge in [0.2, 0.25) is 5.95 Å². The molecular weight excluding hydrogens is 324 g/mol. The molecule has 8 nitrogen and oxygen atoms in total. The number of benzene rings is 1. The number of nitrogens with zero attached hydrogens (tertiary/aromatic N) is 3. The van der Waals surface area contributed by atoms with Crippen molar-refractivity contribution in [3.8, 4) is 11.5 Å². The lowest BCUT2D eigenvalue weighted by molar-refractivity contribution is -0.143. The van der Waals surface area contributed by atoms with Gasteiger partial charge in [-0.05, 0) is 38.5 Å². The predicted molar refractivity (Wildman–Crippen MR) is 90.4 cm³/mol. The Balaban J connectivity index is 2.12. The highest BCUT2D eigenvalue weighted by Crippen LogP contribution is 2.38. The first kappa shape index (κ1) is 16.8. The van der Waals surface area contributed by atoms with Crippen LogP contribution in [-0.4, -0.2) is 39.1 Å². The summed E-state index contributed by atoms with van der Waals surface area (Å²) in [6, 6.07) is 4.40. The van der Waals surface area contributed by atoms with Crippen LogP contribution in [0.4, 0.5) is 5.95 Å². The first-order valence-corrected chi connectivity index (χ1v) is 7.87.